The van der Waals surface area contributed by atoms with Gasteiger partial charge in [0.2, 0.25) is 15.9 Å². The number of nitrogens with zero attached hydrogens (tertiary/aromatic N) is 4. The molecule has 0 unspecified atom stereocenters. The summed E-state index contributed by atoms with van der Waals surface area (Å²) in [5.74, 6) is -0.0417. The first kappa shape index (κ1) is 16.4. The standard InChI is InChI=1S/C15H24N4O3S/c1-23(21,22)19-9-3-2-6-14(19)15(20)17-8-4-5-13(11-17)18-10-7-16-12-18/h7,10,12-14H,2-6,8-9,11H2,1H3/t13-,14-/m1/s1. The lowest BCUT2D eigenvalue weighted by molar-refractivity contribution is -0.137. The molecule has 1 aromatic heterocycles. The van der Waals surface area contributed by atoms with Crippen LogP contribution in [0, 0.1) is 0 Å². The van der Waals surface area contributed by atoms with E-state index < -0.39 is 16.1 Å². The van der Waals surface area contributed by atoms with Crippen molar-refractivity contribution >= 4 is 15.9 Å². The number of piperidine rings is 2. The Bertz CT molecular complexity index is 644. The predicted molar refractivity (Wildman–Crippen MR) is 86.3 cm³/mol. The summed E-state index contributed by atoms with van der Waals surface area (Å²) in [6.07, 6.45) is 10.9. The van der Waals surface area contributed by atoms with Gasteiger partial charge in [-0.1, -0.05) is 6.42 Å². The quantitative estimate of drug-likeness (QED) is 0.818. The van der Waals surface area contributed by atoms with Gasteiger partial charge in [-0.05, 0) is 25.7 Å². The highest BCUT2D eigenvalue weighted by atomic mass is 32.2. The Morgan fingerprint density at radius 2 is 2.00 bits per heavy atom. The molecule has 3 rings (SSSR count). The van der Waals surface area contributed by atoms with E-state index in [1.165, 1.54) is 10.6 Å². The lowest BCUT2D eigenvalue weighted by Gasteiger charge is -2.39. The van der Waals surface area contributed by atoms with Crippen LogP contribution in [0.3, 0.4) is 0 Å². The maximum Gasteiger partial charge on any atom is 0.241 e. The van der Waals surface area contributed by atoms with Crippen LogP contribution in [0.4, 0.5) is 0 Å². The van der Waals surface area contributed by atoms with Crippen molar-refractivity contribution in [3.8, 4) is 0 Å². The van der Waals surface area contributed by atoms with Crippen molar-refractivity contribution in [3.63, 3.8) is 0 Å². The van der Waals surface area contributed by atoms with Gasteiger partial charge in [-0.15, -0.1) is 0 Å². The van der Waals surface area contributed by atoms with E-state index in [2.05, 4.69) is 4.98 Å². The lowest BCUT2D eigenvalue weighted by Crippen LogP contribution is -2.54. The third-order valence-electron chi connectivity index (χ3n) is 4.82. The van der Waals surface area contributed by atoms with Crippen LogP contribution in [0.25, 0.3) is 0 Å². The molecule has 2 saturated heterocycles. The minimum absolute atomic E-state index is 0.0417. The largest absolute Gasteiger partial charge is 0.339 e. The molecule has 2 fully saturated rings. The van der Waals surface area contributed by atoms with E-state index in [0.717, 1.165) is 25.7 Å². The summed E-state index contributed by atoms with van der Waals surface area (Å²) in [5, 5.41) is 0. The van der Waals surface area contributed by atoms with Crippen LogP contribution < -0.4 is 0 Å². The van der Waals surface area contributed by atoms with Gasteiger partial charge in [0.05, 0.1) is 18.6 Å². The molecule has 0 radical (unpaired) electrons. The second-order valence-electron chi connectivity index (χ2n) is 6.48. The molecule has 0 N–H and O–H groups in total. The molecule has 23 heavy (non-hydrogen) atoms. The molecule has 2 atom stereocenters. The fourth-order valence-electron chi connectivity index (χ4n) is 3.64. The number of aromatic nitrogens is 2. The first-order chi connectivity index (χ1) is 11.0. The number of likely N-dealkylation sites (tertiary alicyclic amines) is 1. The predicted octanol–water partition coefficient (Wildman–Crippen LogP) is 0.861. The van der Waals surface area contributed by atoms with Gasteiger partial charge < -0.3 is 9.47 Å². The number of hydrogen-bond donors (Lipinski definition) is 0. The average Bonchev–Trinajstić information content (AvgIpc) is 3.08. The van der Waals surface area contributed by atoms with Crippen molar-refractivity contribution in [1.29, 1.82) is 0 Å². The first-order valence-corrected chi connectivity index (χ1v) is 10.0. The molecule has 1 aromatic rings. The Balaban J connectivity index is 1.73. The average molecular weight is 340 g/mol. The first-order valence-electron chi connectivity index (χ1n) is 8.20. The van der Waals surface area contributed by atoms with Crippen LogP contribution >= 0.6 is 0 Å². The number of amides is 1. The van der Waals surface area contributed by atoms with Gasteiger partial charge in [0.25, 0.3) is 0 Å². The van der Waals surface area contributed by atoms with E-state index in [1.807, 2.05) is 15.7 Å². The number of imidazole rings is 1. The normalized spacial score (nSPS) is 27.1. The zero-order valence-electron chi connectivity index (χ0n) is 13.5. The van der Waals surface area contributed by atoms with Crippen LogP contribution in [-0.2, 0) is 14.8 Å². The Hall–Kier alpha value is -1.41. The highest BCUT2D eigenvalue weighted by molar-refractivity contribution is 7.88. The number of rotatable bonds is 3. The van der Waals surface area contributed by atoms with Gasteiger partial charge in [-0.3, -0.25) is 4.79 Å². The molecule has 2 aliphatic heterocycles. The van der Waals surface area contributed by atoms with Crippen LogP contribution in [-0.4, -0.2) is 65.0 Å². The molecule has 0 bridgehead atoms. The van der Waals surface area contributed by atoms with E-state index in [-0.39, 0.29) is 11.9 Å². The molecule has 3 heterocycles. The molecular weight excluding hydrogens is 316 g/mol. The highest BCUT2D eigenvalue weighted by Crippen LogP contribution is 2.26. The molecule has 0 saturated carbocycles. The van der Waals surface area contributed by atoms with E-state index in [1.54, 1.807) is 12.5 Å². The summed E-state index contributed by atoms with van der Waals surface area (Å²) in [6.45, 7) is 1.79. The molecule has 7 nitrogen and oxygen atoms in total. The van der Waals surface area contributed by atoms with Crippen LogP contribution in [0.5, 0.6) is 0 Å². The van der Waals surface area contributed by atoms with Gasteiger partial charge in [-0.25, -0.2) is 13.4 Å². The zero-order chi connectivity index (χ0) is 16.4. The van der Waals surface area contributed by atoms with E-state index in [0.29, 0.717) is 26.1 Å². The molecule has 128 valence electrons. The van der Waals surface area contributed by atoms with Crippen molar-refractivity contribution < 1.29 is 13.2 Å². The van der Waals surface area contributed by atoms with Gasteiger partial charge in [0, 0.05) is 32.0 Å². The number of hydrogen-bond acceptors (Lipinski definition) is 4. The Labute approximate surface area is 137 Å². The molecule has 0 aliphatic carbocycles. The summed E-state index contributed by atoms with van der Waals surface area (Å²) in [7, 11) is -3.34. The maximum atomic E-state index is 12.9. The fourth-order valence-corrected chi connectivity index (χ4v) is 4.76. The third kappa shape index (κ3) is 3.58. The molecule has 2 aliphatic rings. The molecular formula is C15H24N4O3S. The SMILES string of the molecule is CS(=O)(=O)N1CCCC[C@@H]1C(=O)N1CCC[C@@H](n2ccnc2)C1. The lowest BCUT2D eigenvalue weighted by atomic mass is 10.0. The second kappa shape index (κ2) is 6.60. The summed E-state index contributed by atoms with van der Waals surface area (Å²) in [5.41, 5.74) is 0. The van der Waals surface area contributed by atoms with Crippen LogP contribution in [0.2, 0.25) is 0 Å². The minimum Gasteiger partial charge on any atom is -0.339 e. The molecule has 0 spiro atoms. The molecule has 0 aromatic carbocycles. The Morgan fingerprint density at radius 3 is 2.70 bits per heavy atom. The summed E-state index contributed by atoms with van der Waals surface area (Å²) in [6, 6.07) is -0.300. The second-order valence-corrected chi connectivity index (χ2v) is 8.41. The molecule has 1 amide bonds. The van der Waals surface area contributed by atoms with Gasteiger partial charge in [0.15, 0.2) is 0 Å². The van der Waals surface area contributed by atoms with Crippen molar-refractivity contribution in [2.24, 2.45) is 0 Å². The van der Waals surface area contributed by atoms with E-state index in [9.17, 15) is 13.2 Å². The monoisotopic (exact) mass is 340 g/mol. The zero-order valence-corrected chi connectivity index (χ0v) is 14.3. The third-order valence-corrected chi connectivity index (χ3v) is 6.11. The minimum atomic E-state index is -3.34. The Kier molecular flexibility index (Phi) is 4.72. The summed E-state index contributed by atoms with van der Waals surface area (Å²) >= 11 is 0. The van der Waals surface area contributed by atoms with Crippen LogP contribution in [0.15, 0.2) is 18.7 Å². The van der Waals surface area contributed by atoms with Gasteiger partial charge >= 0.3 is 0 Å². The Morgan fingerprint density at radius 1 is 1.17 bits per heavy atom. The van der Waals surface area contributed by atoms with Crippen molar-refractivity contribution in [2.45, 2.75) is 44.2 Å². The molecule has 8 heteroatoms. The maximum absolute atomic E-state index is 12.9. The smallest absolute Gasteiger partial charge is 0.241 e. The number of carbonyl (C=O) groups excluding carboxylic acids is 1. The van der Waals surface area contributed by atoms with E-state index in [4.69, 9.17) is 0 Å². The van der Waals surface area contributed by atoms with Crippen LogP contribution in [0.1, 0.15) is 38.1 Å². The van der Waals surface area contributed by atoms with Gasteiger partial charge in [-0.2, -0.15) is 4.31 Å². The summed E-state index contributed by atoms with van der Waals surface area (Å²) < 4.78 is 27.4. The van der Waals surface area contributed by atoms with Crippen molar-refractivity contribution in [2.75, 3.05) is 25.9 Å². The van der Waals surface area contributed by atoms with Gasteiger partial charge in [0.1, 0.15) is 6.04 Å². The fraction of sp³-hybridized carbons (Fsp3) is 0.733. The van der Waals surface area contributed by atoms with E-state index >= 15 is 0 Å². The summed E-state index contributed by atoms with van der Waals surface area (Å²) in [4.78, 5) is 18.8. The van der Waals surface area contributed by atoms with Crippen molar-refractivity contribution in [3.05, 3.63) is 18.7 Å². The van der Waals surface area contributed by atoms with Crippen molar-refractivity contribution in [1.82, 2.24) is 18.8 Å². The number of carbonyl (C=O) groups is 1. The topological polar surface area (TPSA) is 75.5 Å². The highest BCUT2D eigenvalue weighted by Gasteiger charge is 2.38. The number of sulfonamides is 1.